The first-order valence-corrected chi connectivity index (χ1v) is 11.0. The van der Waals surface area contributed by atoms with Crippen molar-refractivity contribution in [1.82, 2.24) is 19.7 Å². The van der Waals surface area contributed by atoms with E-state index in [1.165, 1.54) is 0 Å². The van der Waals surface area contributed by atoms with Crippen molar-refractivity contribution in [3.63, 3.8) is 0 Å². The molecule has 1 fully saturated rings. The number of carbonyl (C=O) groups excluding carboxylic acids is 1. The molecule has 3 aromatic rings. The van der Waals surface area contributed by atoms with Crippen molar-refractivity contribution in [2.24, 2.45) is 0 Å². The number of fused-ring (bicyclic) bond motifs is 1. The number of pyridine rings is 1. The summed E-state index contributed by atoms with van der Waals surface area (Å²) >= 11 is 0. The van der Waals surface area contributed by atoms with Crippen molar-refractivity contribution in [3.8, 4) is 6.07 Å². The Hall–Kier alpha value is -3.80. The molecule has 1 aliphatic heterocycles. The number of hydrogen-bond donors (Lipinski definition) is 2. The van der Waals surface area contributed by atoms with Gasteiger partial charge < -0.3 is 19.9 Å². The van der Waals surface area contributed by atoms with Gasteiger partial charge in [0.1, 0.15) is 11.0 Å². The van der Waals surface area contributed by atoms with Crippen molar-refractivity contribution in [2.75, 3.05) is 18.4 Å². The fourth-order valence-electron chi connectivity index (χ4n) is 4.23. The number of aromatic amines is 1. The molecule has 0 spiro atoms. The second-order valence-corrected chi connectivity index (χ2v) is 9.35. The Bertz CT molecular complexity index is 1240. The number of nitrogens with one attached hydrogen (secondary N) is 2. The predicted molar refractivity (Wildman–Crippen MR) is 125 cm³/mol. The van der Waals surface area contributed by atoms with Crippen molar-refractivity contribution in [1.29, 1.82) is 5.26 Å². The fraction of sp³-hybridized carbons (Fsp3) is 0.417. The van der Waals surface area contributed by atoms with E-state index in [-0.39, 0.29) is 18.1 Å². The van der Waals surface area contributed by atoms with E-state index in [0.29, 0.717) is 42.7 Å². The van der Waals surface area contributed by atoms with Crippen molar-refractivity contribution in [3.05, 3.63) is 52.9 Å². The van der Waals surface area contributed by atoms with E-state index < -0.39 is 11.1 Å². The molecule has 1 aliphatic rings. The minimum Gasteiger partial charge on any atom is -0.444 e. The molecule has 0 aliphatic carbocycles. The van der Waals surface area contributed by atoms with Crippen LogP contribution in [-0.2, 0) is 10.3 Å². The molecule has 1 amide bonds. The monoisotopic (exact) mass is 448 g/mol. The standard InChI is InChI=1S/C24H28N6O3/c1-23(2,3)33-22(32)29-15-11-24(10-13-25,12-16-29)30-18-9-14-26-21(31)19(18)20(28-30)27-17-7-5-4-6-8-17/h4-9,14H,10-12,15-16H2,1-3H3,(H,26,31)(H,27,28). The molecular weight excluding hydrogens is 420 g/mol. The molecule has 0 saturated carbocycles. The highest BCUT2D eigenvalue weighted by molar-refractivity contribution is 5.91. The Morgan fingerprint density at radius 2 is 1.94 bits per heavy atom. The molecular formula is C24H28N6O3. The molecule has 0 bridgehead atoms. The summed E-state index contributed by atoms with van der Waals surface area (Å²) < 4.78 is 7.32. The van der Waals surface area contributed by atoms with E-state index in [1.807, 2.05) is 51.1 Å². The quantitative estimate of drug-likeness (QED) is 0.621. The predicted octanol–water partition coefficient (Wildman–Crippen LogP) is 4.11. The van der Waals surface area contributed by atoms with Gasteiger partial charge in [-0.05, 0) is 51.8 Å². The van der Waals surface area contributed by atoms with Crippen LogP contribution in [-0.4, -0.2) is 44.4 Å². The van der Waals surface area contributed by atoms with Crippen LogP contribution in [0, 0.1) is 11.3 Å². The smallest absolute Gasteiger partial charge is 0.410 e. The van der Waals surface area contributed by atoms with Crippen LogP contribution in [0.15, 0.2) is 47.4 Å². The van der Waals surface area contributed by atoms with E-state index in [9.17, 15) is 14.9 Å². The van der Waals surface area contributed by atoms with E-state index in [4.69, 9.17) is 9.84 Å². The topological polar surface area (TPSA) is 116 Å². The molecule has 3 heterocycles. The van der Waals surface area contributed by atoms with Crippen LogP contribution < -0.4 is 10.9 Å². The highest BCUT2D eigenvalue weighted by Crippen LogP contribution is 2.37. The average molecular weight is 449 g/mol. The van der Waals surface area contributed by atoms with Crippen molar-refractivity contribution < 1.29 is 9.53 Å². The van der Waals surface area contributed by atoms with Crippen LogP contribution in [0.5, 0.6) is 0 Å². The summed E-state index contributed by atoms with van der Waals surface area (Å²) in [6, 6.07) is 13.6. The number of rotatable bonds is 4. The van der Waals surface area contributed by atoms with Gasteiger partial charge in [-0.1, -0.05) is 18.2 Å². The summed E-state index contributed by atoms with van der Waals surface area (Å²) in [6.45, 7) is 6.38. The summed E-state index contributed by atoms with van der Waals surface area (Å²) in [5.41, 5.74) is -0.0131. The number of aromatic nitrogens is 3. The lowest BCUT2D eigenvalue weighted by molar-refractivity contribution is 0.0110. The molecule has 2 N–H and O–H groups in total. The number of anilines is 2. The Morgan fingerprint density at radius 1 is 1.24 bits per heavy atom. The van der Waals surface area contributed by atoms with Gasteiger partial charge in [-0.2, -0.15) is 10.4 Å². The van der Waals surface area contributed by atoms with Crippen LogP contribution >= 0.6 is 0 Å². The molecule has 4 rings (SSSR count). The third-order valence-corrected chi connectivity index (χ3v) is 5.84. The van der Waals surface area contributed by atoms with Crippen LogP contribution in [0.3, 0.4) is 0 Å². The molecule has 1 saturated heterocycles. The number of nitriles is 1. The SMILES string of the molecule is CC(C)(C)OC(=O)N1CCC(CC#N)(n2nc(Nc3ccccc3)c3c(=O)[nH]ccc32)CC1. The minimum absolute atomic E-state index is 0.212. The van der Waals surface area contributed by atoms with Gasteiger partial charge in [0, 0.05) is 25.0 Å². The first kappa shape index (κ1) is 22.4. The number of likely N-dealkylation sites (tertiary alicyclic amines) is 1. The lowest BCUT2D eigenvalue weighted by atomic mass is 9.85. The number of carbonyl (C=O) groups is 1. The van der Waals surface area contributed by atoms with Gasteiger partial charge in [-0.3, -0.25) is 9.48 Å². The van der Waals surface area contributed by atoms with Crippen LogP contribution in [0.4, 0.5) is 16.3 Å². The maximum absolute atomic E-state index is 12.7. The van der Waals surface area contributed by atoms with Crippen LogP contribution in [0.1, 0.15) is 40.0 Å². The molecule has 2 aromatic heterocycles. The Labute approximate surface area is 192 Å². The van der Waals surface area contributed by atoms with Crippen LogP contribution in [0.2, 0.25) is 0 Å². The van der Waals surface area contributed by atoms with Gasteiger partial charge >= 0.3 is 6.09 Å². The summed E-state index contributed by atoms with van der Waals surface area (Å²) in [5.74, 6) is 0.435. The third-order valence-electron chi connectivity index (χ3n) is 5.84. The van der Waals surface area contributed by atoms with Crippen molar-refractivity contribution >= 4 is 28.5 Å². The normalized spacial score (nSPS) is 15.8. The fourth-order valence-corrected chi connectivity index (χ4v) is 4.23. The van der Waals surface area contributed by atoms with Crippen LogP contribution in [0.25, 0.3) is 10.9 Å². The third kappa shape index (κ3) is 4.55. The first-order valence-electron chi connectivity index (χ1n) is 11.0. The Balaban J connectivity index is 1.70. The Morgan fingerprint density at radius 3 is 2.58 bits per heavy atom. The molecule has 172 valence electrons. The molecule has 33 heavy (non-hydrogen) atoms. The second kappa shape index (κ2) is 8.62. The molecule has 1 aromatic carbocycles. The molecule has 0 atom stereocenters. The average Bonchev–Trinajstić information content (AvgIpc) is 3.14. The molecule has 9 heteroatoms. The van der Waals surface area contributed by atoms with Gasteiger partial charge in [-0.15, -0.1) is 0 Å². The van der Waals surface area contributed by atoms with E-state index in [2.05, 4.69) is 16.4 Å². The highest BCUT2D eigenvalue weighted by atomic mass is 16.6. The largest absolute Gasteiger partial charge is 0.444 e. The summed E-state index contributed by atoms with van der Waals surface area (Å²) in [5, 5.41) is 18.1. The minimum atomic E-state index is -0.643. The lowest BCUT2D eigenvalue weighted by Crippen LogP contribution is -2.49. The number of para-hydroxylation sites is 1. The maximum atomic E-state index is 12.7. The molecule has 9 nitrogen and oxygen atoms in total. The van der Waals surface area contributed by atoms with Gasteiger partial charge in [0.25, 0.3) is 5.56 Å². The zero-order chi connectivity index (χ0) is 23.6. The summed E-state index contributed by atoms with van der Waals surface area (Å²) in [6.07, 6.45) is 2.48. The van der Waals surface area contributed by atoms with Crippen molar-refractivity contribution in [2.45, 2.75) is 51.2 Å². The number of benzene rings is 1. The zero-order valence-electron chi connectivity index (χ0n) is 19.1. The lowest BCUT2D eigenvalue weighted by Gasteiger charge is -2.41. The van der Waals surface area contributed by atoms with E-state index in [0.717, 1.165) is 5.69 Å². The number of hydrogen-bond acceptors (Lipinski definition) is 6. The molecule has 0 radical (unpaired) electrons. The van der Waals surface area contributed by atoms with Gasteiger partial charge in [-0.25, -0.2) is 4.79 Å². The number of ether oxygens (including phenoxy) is 1. The van der Waals surface area contributed by atoms with E-state index >= 15 is 0 Å². The number of H-pyrrole nitrogens is 1. The van der Waals surface area contributed by atoms with E-state index in [1.54, 1.807) is 21.8 Å². The summed E-state index contributed by atoms with van der Waals surface area (Å²) in [7, 11) is 0. The second-order valence-electron chi connectivity index (χ2n) is 9.35. The maximum Gasteiger partial charge on any atom is 0.410 e. The van der Waals surface area contributed by atoms with Gasteiger partial charge in [0.05, 0.1) is 23.5 Å². The number of amides is 1. The Kier molecular flexibility index (Phi) is 5.85. The zero-order valence-corrected chi connectivity index (χ0v) is 19.1. The first-order chi connectivity index (χ1) is 15.7. The summed E-state index contributed by atoms with van der Waals surface area (Å²) in [4.78, 5) is 29.7. The van der Waals surface area contributed by atoms with Gasteiger partial charge in [0.2, 0.25) is 0 Å². The highest BCUT2D eigenvalue weighted by Gasteiger charge is 2.41. The number of piperidine rings is 1. The van der Waals surface area contributed by atoms with Gasteiger partial charge in [0.15, 0.2) is 5.82 Å². The number of nitrogens with zero attached hydrogens (tertiary/aromatic N) is 4. The molecule has 0 unspecified atom stereocenters.